The standard InChI is InChI=1S/C18H16N4O2/c1-22-10-12-8-13(18(24-11-23-2)9-17(12)21-22)14-5-6-15-16(20-14)4-3-7-19-15/h3-10H,11H2,1-2H3. The Morgan fingerprint density at radius 2 is 2.00 bits per heavy atom. The van der Waals surface area contributed by atoms with Gasteiger partial charge in [-0.3, -0.25) is 9.67 Å². The molecule has 0 saturated heterocycles. The van der Waals surface area contributed by atoms with E-state index in [1.54, 1.807) is 18.0 Å². The molecule has 0 aliphatic rings. The molecule has 0 aliphatic carbocycles. The SMILES string of the molecule is COCOc1cc2nn(C)cc2cc1-c1ccc2ncccc2n1. The predicted octanol–water partition coefficient (Wildman–Crippen LogP) is 3.17. The molecule has 24 heavy (non-hydrogen) atoms. The van der Waals surface area contributed by atoms with Crippen LogP contribution in [0, 0.1) is 0 Å². The summed E-state index contributed by atoms with van der Waals surface area (Å²) in [5.41, 5.74) is 4.31. The molecule has 6 heteroatoms. The van der Waals surface area contributed by atoms with E-state index < -0.39 is 0 Å². The molecule has 0 spiro atoms. The number of aromatic nitrogens is 4. The first-order chi connectivity index (χ1) is 11.7. The van der Waals surface area contributed by atoms with Crippen LogP contribution in [0.2, 0.25) is 0 Å². The van der Waals surface area contributed by atoms with Crippen LogP contribution in [-0.2, 0) is 11.8 Å². The summed E-state index contributed by atoms with van der Waals surface area (Å²) in [6, 6.07) is 11.7. The lowest BCUT2D eigenvalue weighted by molar-refractivity contribution is 0.0516. The van der Waals surface area contributed by atoms with Crippen molar-refractivity contribution in [3.63, 3.8) is 0 Å². The van der Waals surface area contributed by atoms with Gasteiger partial charge >= 0.3 is 0 Å². The highest BCUT2D eigenvalue weighted by atomic mass is 16.7. The summed E-state index contributed by atoms with van der Waals surface area (Å²) in [6.07, 6.45) is 3.74. The molecular weight excluding hydrogens is 304 g/mol. The van der Waals surface area contributed by atoms with Crippen molar-refractivity contribution in [3.8, 4) is 17.0 Å². The summed E-state index contributed by atoms with van der Waals surface area (Å²) in [5, 5.41) is 5.46. The van der Waals surface area contributed by atoms with E-state index in [9.17, 15) is 0 Å². The van der Waals surface area contributed by atoms with Gasteiger partial charge < -0.3 is 9.47 Å². The van der Waals surface area contributed by atoms with Crippen LogP contribution in [-0.4, -0.2) is 33.7 Å². The summed E-state index contributed by atoms with van der Waals surface area (Å²) in [7, 11) is 3.49. The molecule has 0 saturated carbocycles. The number of rotatable bonds is 4. The minimum absolute atomic E-state index is 0.167. The Hall–Kier alpha value is -2.99. The number of methoxy groups -OCH3 is 1. The Balaban J connectivity index is 1.90. The monoisotopic (exact) mass is 320 g/mol. The van der Waals surface area contributed by atoms with Gasteiger partial charge in [0.2, 0.25) is 0 Å². The molecule has 4 rings (SSSR count). The molecule has 0 radical (unpaired) electrons. The van der Waals surface area contributed by atoms with Crippen LogP contribution >= 0.6 is 0 Å². The number of hydrogen-bond donors (Lipinski definition) is 0. The third kappa shape index (κ3) is 2.57. The zero-order valence-electron chi connectivity index (χ0n) is 13.4. The lowest BCUT2D eigenvalue weighted by atomic mass is 10.1. The lowest BCUT2D eigenvalue weighted by Crippen LogP contribution is -2.01. The van der Waals surface area contributed by atoms with E-state index in [4.69, 9.17) is 14.5 Å². The van der Waals surface area contributed by atoms with Crippen LogP contribution in [0.25, 0.3) is 33.2 Å². The first kappa shape index (κ1) is 14.6. The number of ether oxygens (including phenoxy) is 2. The van der Waals surface area contributed by atoms with Crippen molar-refractivity contribution in [2.45, 2.75) is 0 Å². The zero-order valence-corrected chi connectivity index (χ0v) is 13.4. The van der Waals surface area contributed by atoms with E-state index in [0.29, 0.717) is 5.75 Å². The van der Waals surface area contributed by atoms with Gasteiger partial charge in [-0.15, -0.1) is 0 Å². The number of nitrogens with zero attached hydrogens (tertiary/aromatic N) is 4. The van der Waals surface area contributed by atoms with Gasteiger partial charge in [-0.1, -0.05) is 0 Å². The summed E-state index contributed by atoms with van der Waals surface area (Å²) >= 11 is 0. The minimum atomic E-state index is 0.167. The molecule has 0 amide bonds. The molecule has 0 N–H and O–H groups in total. The number of pyridine rings is 2. The Morgan fingerprint density at radius 1 is 1.08 bits per heavy atom. The van der Waals surface area contributed by atoms with Crippen LogP contribution in [0.4, 0.5) is 0 Å². The fraction of sp³-hybridized carbons (Fsp3) is 0.167. The van der Waals surface area contributed by atoms with Gasteiger partial charge in [-0.2, -0.15) is 5.10 Å². The Labute approximate surface area is 138 Å². The second-order valence-electron chi connectivity index (χ2n) is 5.50. The van der Waals surface area contributed by atoms with Crippen molar-refractivity contribution >= 4 is 21.9 Å². The molecule has 3 heterocycles. The van der Waals surface area contributed by atoms with Crippen molar-refractivity contribution in [2.24, 2.45) is 7.05 Å². The molecule has 120 valence electrons. The summed E-state index contributed by atoms with van der Waals surface area (Å²) < 4.78 is 12.6. The number of fused-ring (bicyclic) bond motifs is 2. The average molecular weight is 320 g/mol. The molecule has 0 unspecified atom stereocenters. The van der Waals surface area contributed by atoms with Crippen LogP contribution in [0.1, 0.15) is 0 Å². The van der Waals surface area contributed by atoms with Crippen molar-refractivity contribution in [1.82, 2.24) is 19.7 Å². The van der Waals surface area contributed by atoms with E-state index in [1.165, 1.54) is 0 Å². The number of aryl methyl sites for hydroxylation is 1. The number of benzene rings is 1. The van der Waals surface area contributed by atoms with E-state index in [0.717, 1.165) is 33.2 Å². The van der Waals surface area contributed by atoms with Crippen molar-refractivity contribution < 1.29 is 9.47 Å². The van der Waals surface area contributed by atoms with Gasteiger partial charge in [0, 0.05) is 43.6 Å². The van der Waals surface area contributed by atoms with Gasteiger partial charge in [0.25, 0.3) is 0 Å². The maximum Gasteiger partial charge on any atom is 0.188 e. The molecule has 0 bridgehead atoms. The van der Waals surface area contributed by atoms with Crippen molar-refractivity contribution in [2.75, 3.05) is 13.9 Å². The van der Waals surface area contributed by atoms with Crippen LogP contribution in [0.5, 0.6) is 5.75 Å². The highest BCUT2D eigenvalue weighted by Crippen LogP contribution is 2.33. The fourth-order valence-corrected chi connectivity index (χ4v) is 2.72. The third-order valence-corrected chi connectivity index (χ3v) is 3.78. The van der Waals surface area contributed by atoms with Gasteiger partial charge in [-0.25, -0.2) is 4.98 Å². The maximum atomic E-state index is 5.74. The fourth-order valence-electron chi connectivity index (χ4n) is 2.72. The average Bonchev–Trinajstić information content (AvgIpc) is 2.97. The molecular formula is C18H16N4O2. The van der Waals surface area contributed by atoms with E-state index in [-0.39, 0.29) is 6.79 Å². The lowest BCUT2D eigenvalue weighted by Gasteiger charge is -2.11. The Bertz CT molecular complexity index is 1030. The van der Waals surface area contributed by atoms with Crippen LogP contribution in [0.15, 0.2) is 48.8 Å². The molecule has 0 fully saturated rings. The van der Waals surface area contributed by atoms with E-state index >= 15 is 0 Å². The van der Waals surface area contributed by atoms with Crippen LogP contribution < -0.4 is 4.74 Å². The Morgan fingerprint density at radius 3 is 2.88 bits per heavy atom. The molecule has 1 aromatic carbocycles. The molecule has 0 aliphatic heterocycles. The molecule has 0 atom stereocenters. The largest absolute Gasteiger partial charge is 0.467 e. The second kappa shape index (κ2) is 5.90. The molecule has 6 nitrogen and oxygen atoms in total. The third-order valence-electron chi connectivity index (χ3n) is 3.78. The quantitative estimate of drug-likeness (QED) is 0.541. The Kier molecular flexibility index (Phi) is 3.59. The van der Waals surface area contributed by atoms with Crippen molar-refractivity contribution in [1.29, 1.82) is 0 Å². The van der Waals surface area contributed by atoms with E-state index in [2.05, 4.69) is 10.1 Å². The summed E-state index contributed by atoms with van der Waals surface area (Å²) in [5.74, 6) is 0.693. The second-order valence-corrected chi connectivity index (χ2v) is 5.50. The maximum absolute atomic E-state index is 5.74. The van der Waals surface area contributed by atoms with E-state index in [1.807, 2.05) is 49.6 Å². The summed E-state index contributed by atoms with van der Waals surface area (Å²) in [4.78, 5) is 9.03. The van der Waals surface area contributed by atoms with Gasteiger partial charge in [0.1, 0.15) is 5.75 Å². The van der Waals surface area contributed by atoms with Gasteiger partial charge in [-0.05, 0) is 30.3 Å². The highest BCUT2D eigenvalue weighted by molar-refractivity contribution is 5.88. The molecule has 4 aromatic rings. The minimum Gasteiger partial charge on any atom is -0.467 e. The summed E-state index contributed by atoms with van der Waals surface area (Å²) in [6.45, 7) is 0.167. The smallest absolute Gasteiger partial charge is 0.188 e. The predicted molar refractivity (Wildman–Crippen MR) is 91.8 cm³/mol. The zero-order chi connectivity index (χ0) is 16.5. The van der Waals surface area contributed by atoms with Crippen LogP contribution in [0.3, 0.4) is 0 Å². The normalized spacial score (nSPS) is 11.2. The van der Waals surface area contributed by atoms with Gasteiger partial charge in [0.05, 0.1) is 22.2 Å². The van der Waals surface area contributed by atoms with Crippen molar-refractivity contribution in [3.05, 3.63) is 48.8 Å². The first-order valence-corrected chi connectivity index (χ1v) is 7.56. The highest BCUT2D eigenvalue weighted by Gasteiger charge is 2.13. The van der Waals surface area contributed by atoms with Gasteiger partial charge in [0.15, 0.2) is 6.79 Å². The molecule has 3 aromatic heterocycles. The topological polar surface area (TPSA) is 62.1 Å². The first-order valence-electron chi connectivity index (χ1n) is 7.56. The number of hydrogen-bond acceptors (Lipinski definition) is 5.